The topological polar surface area (TPSA) is 18.0 Å². The first kappa shape index (κ1) is 40.0. The summed E-state index contributed by atoms with van der Waals surface area (Å²) in [5, 5.41) is 6.34. The number of nitrogens with zero attached hydrogens (tertiary/aromatic N) is 4. The average Bonchev–Trinajstić information content (AvgIpc) is 4.08. The van der Waals surface area contributed by atoms with Crippen LogP contribution in [0.25, 0.3) is 99.9 Å². The maximum absolute atomic E-state index is 2.46. The number of aromatic nitrogens is 3. The van der Waals surface area contributed by atoms with Gasteiger partial charge >= 0.3 is 0 Å². The van der Waals surface area contributed by atoms with Gasteiger partial charge in [-0.2, -0.15) is 0 Å². The number of hydrogen-bond acceptors (Lipinski definition) is 1. The SMILES string of the molecule is C1=Cc2c(n(-c3ccc(N(c4ccc(-c5ccc(-c6ccc7c(c6)c6ccccc6n7-c6ccccc6)cc5)cc4)c4ccc(-n5c6ccccc6c6ccccc65)cc4)cc3)c3ccccc23)CC1. The molecule has 13 aromatic rings. The fourth-order valence-corrected chi connectivity index (χ4v) is 11.3. The smallest absolute Gasteiger partial charge is 0.0541 e. The van der Waals surface area contributed by atoms with Gasteiger partial charge in [-0.15, -0.1) is 0 Å². The number of hydrogen-bond donors (Lipinski definition) is 0. The van der Waals surface area contributed by atoms with Crippen LogP contribution < -0.4 is 4.90 Å². The summed E-state index contributed by atoms with van der Waals surface area (Å²) >= 11 is 0. The van der Waals surface area contributed by atoms with E-state index in [-0.39, 0.29) is 0 Å². The van der Waals surface area contributed by atoms with E-state index in [1.54, 1.807) is 0 Å². The summed E-state index contributed by atoms with van der Waals surface area (Å²) in [5.41, 5.74) is 20.3. The maximum atomic E-state index is 2.46. The van der Waals surface area contributed by atoms with Crippen LogP contribution in [0, 0.1) is 0 Å². The molecule has 4 nitrogen and oxygen atoms in total. The first-order valence-electron chi connectivity index (χ1n) is 24.3. The Morgan fingerprint density at radius 1 is 0.300 bits per heavy atom. The second kappa shape index (κ2) is 16.3. The van der Waals surface area contributed by atoms with E-state index in [4.69, 9.17) is 0 Å². The fraction of sp³-hybridized carbons (Fsp3) is 0.0303. The Labute approximate surface area is 406 Å². The first-order chi connectivity index (χ1) is 34.7. The van der Waals surface area contributed by atoms with Crippen molar-refractivity contribution >= 4 is 77.7 Å². The Morgan fingerprint density at radius 3 is 1.24 bits per heavy atom. The van der Waals surface area contributed by atoms with Crippen LogP contribution in [0.2, 0.25) is 0 Å². The molecule has 0 N–H and O–H groups in total. The molecule has 0 radical (unpaired) electrons. The van der Waals surface area contributed by atoms with Crippen LogP contribution in [-0.2, 0) is 6.42 Å². The minimum atomic E-state index is 1.03. The van der Waals surface area contributed by atoms with E-state index in [1.165, 1.54) is 99.4 Å². The summed E-state index contributed by atoms with van der Waals surface area (Å²) in [4.78, 5) is 2.38. The van der Waals surface area contributed by atoms with Crippen LogP contribution in [-0.4, -0.2) is 13.7 Å². The summed E-state index contributed by atoms with van der Waals surface area (Å²) in [6, 6.07) is 88.7. The normalized spacial score (nSPS) is 12.4. The van der Waals surface area contributed by atoms with Gasteiger partial charge in [0.1, 0.15) is 0 Å². The molecule has 330 valence electrons. The van der Waals surface area contributed by atoms with Gasteiger partial charge in [0.2, 0.25) is 0 Å². The molecule has 1 aliphatic rings. The van der Waals surface area contributed by atoms with E-state index in [1.807, 2.05) is 0 Å². The van der Waals surface area contributed by atoms with Gasteiger partial charge < -0.3 is 18.6 Å². The van der Waals surface area contributed by atoms with Gasteiger partial charge in [0.25, 0.3) is 0 Å². The average molecular weight is 895 g/mol. The molecule has 0 saturated carbocycles. The van der Waals surface area contributed by atoms with Gasteiger partial charge in [0, 0.05) is 72.3 Å². The van der Waals surface area contributed by atoms with Crippen LogP contribution in [0.5, 0.6) is 0 Å². The Kier molecular flexibility index (Phi) is 9.31. The van der Waals surface area contributed by atoms with Crippen molar-refractivity contribution in [2.24, 2.45) is 0 Å². The number of allylic oxidation sites excluding steroid dienone is 1. The number of benzene rings is 10. The molecule has 14 rings (SSSR count). The van der Waals surface area contributed by atoms with E-state index in [0.29, 0.717) is 0 Å². The zero-order valence-corrected chi connectivity index (χ0v) is 38.5. The van der Waals surface area contributed by atoms with Gasteiger partial charge in [-0.3, -0.25) is 0 Å². The van der Waals surface area contributed by atoms with E-state index >= 15 is 0 Å². The lowest BCUT2D eigenvalue weighted by molar-refractivity contribution is 0.888. The highest BCUT2D eigenvalue weighted by Gasteiger charge is 2.20. The zero-order chi connectivity index (χ0) is 46.1. The summed E-state index contributed by atoms with van der Waals surface area (Å²) in [6.45, 7) is 0. The Morgan fingerprint density at radius 2 is 0.686 bits per heavy atom. The van der Waals surface area contributed by atoms with Crippen molar-refractivity contribution in [1.82, 2.24) is 13.7 Å². The Bertz CT molecular complexity index is 4080. The van der Waals surface area contributed by atoms with Crippen molar-refractivity contribution in [1.29, 1.82) is 0 Å². The van der Waals surface area contributed by atoms with Crippen molar-refractivity contribution in [2.45, 2.75) is 12.8 Å². The molecule has 0 atom stereocenters. The summed E-state index contributed by atoms with van der Waals surface area (Å²) in [5.74, 6) is 0. The van der Waals surface area contributed by atoms with Crippen LogP contribution in [0.1, 0.15) is 17.7 Å². The molecule has 70 heavy (non-hydrogen) atoms. The lowest BCUT2D eigenvalue weighted by Crippen LogP contribution is -2.10. The molecule has 0 fully saturated rings. The molecule has 3 aromatic heterocycles. The third kappa shape index (κ3) is 6.45. The monoisotopic (exact) mass is 894 g/mol. The van der Waals surface area contributed by atoms with Crippen molar-refractivity contribution in [3.05, 3.63) is 260 Å². The molecule has 10 aromatic carbocycles. The fourth-order valence-electron chi connectivity index (χ4n) is 11.3. The molecule has 0 aliphatic heterocycles. The summed E-state index contributed by atoms with van der Waals surface area (Å²) in [7, 11) is 0. The van der Waals surface area contributed by atoms with Crippen LogP contribution in [0.3, 0.4) is 0 Å². The van der Waals surface area contributed by atoms with Gasteiger partial charge in [-0.25, -0.2) is 0 Å². The summed E-state index contributed by atoms with van der Waals surface area (Å²) in [6.07, 6.45) is 6.69. The van der Waals surface area contributed by atoms with E-state index < -0.39 is 0 Å². The van der Waals surface area contributed by atoms with Gasteiger partial charge in [0.15, 0.2) is 0 Å². The first-order valence-corrected chi connectivity index (χ1v) is 24.3. The van der Waals surface area contributed by atoms with Crippen molar-refractivity contribution in [3.8, 4) is 39.3 Å². The molecule has 0 unspecified atom stereocenters. The molecular formula is C66H46N4. The molecule has 0 spiro atoms. The molecule has 0 bridgehead atoms. The van der Waals surface area contributed by atoms with Gasteiger partial charge in [0.05, 0.1) is 27.6 Å². The Hall–Kier alpha value is -9.12. The lowest BCUT2D eigenvalue weighted by atomic mass is 9.99. The predicted molar refractivity (Wildman–Crippen MR) is 295 cm³/mol. The van der Waals surface area contributed by atoms with E-state index in [9.17, 15) is 0 Å². The van der Waals surface area contributed by atoms with Gasteiger partial charge in [-0.05, 0) is 144 Å². The second-order valence-corrected chi connectivity index (χ2v) is 18.4. The highest BCUT2D eigenvalue weighted by Crippen LogP contribution is 2.41. The van der Waals surface area contributed by atoms with Crippen LogP contribution >= 0.6 is 0 Å². The third-order valence-corrected chi connectivity index (χ3v) is 14.5. The number of fused-ring (bicyclic) bond motifs is 9. The zero-order valence-electron chi connectivity index (χ0n) is 38.5. The van der Waals surface area contributed by atoms with Crippen molar-refractivity contribution < 1.29 is 0 Å². The van der Waals surface area contributed by atoms with E-state index in [0.717, 1.165) is 35.6 Å². The highest BCUT2D eigenvalue weighted by atomic mass is 15.1. The van der Waals surface area contributed by atoms with Crippen LogP contribution in [0.4, 0.5) is 17.1 Å². The standard InChI is InChI=1S/C66H46N4/c1-2-14-49(15-3-1)68-65-25-13-8-20-59(65)60-44-48(32-43-66(60)68)47-28-26-45(27-29-47)46-30-33-50(34-31-46)67(51-35-39-53(40-36-51)69-61-21-9-4-16-55(61)56-17-5-10-22-62(56)69)52-37-41-54(42-38-52)70-63-23-11-6-18-57(63)58-19-7-12-24-64(58)70/h1-11,13-23,25-44H,12,24H2. The van der Waals surface area contributed by atoms with Crippen molar-refractivity contribution in [2.75, 3.05) is 4.90 Å². The highest BCUT2D eigenvalue weighted by molar-refractivity contribution is 6.11. The quantitative estimate of drug-likeness (QED) is 0.149. The minimum absolute atomic E-state index is 1.03. The largest absolute Gasteiger partial charge is 0.313 e. The number of rotatable bonds is 8. The van der Waals surface area contributed by atoms with Crippen LogP contribution in [0.15, 0.2) is 249 Å². The van der Waals surface area contributed by atoms with E-state index in [2.05, 4.69) is 273 Å². The molecule has 1 aliphatic carbocycles. The Balaban J connectivity index is 0.818. The molecule has 0 amide bonds. The van der Waals surface area contributed by atoms with Crippen molar-refractivity contribution in [3.63, 3.8) is 0 Å². The molecule has 4 heteroatoms. The number of anilines is 3. The van der Waals surface area contributed by atoms with Gasteiger partial charge in [-0.1, -0.05) is 146 Å². The molecule has 3 heterocycles. The summed E-state index contributed by atoms with van der Waals surface area (Å²) < 4.78 is 7.22. The second-order valence-electron chi connectivity index (χ2n) is 18.4. The lowest BCUT2D eigenvalue weighted by Gasteiger charge is -2.26. The number of para-hydroxylation sites is 5. The molecular weight excluding hydrogens is 849 g/mol. The predicted octanol–water partition coefficient (Wildman–Crippen LogP) is 17.6. The third-order valence-electron chi connectivity index (χ3n) is 14.5. The minimum Gasteiger partial charge on any atom is -0.313 e. The maximum Gasteiger partial charge on any atom is 0.0541 e. The molecule has 0 saturated heterocycles.